The van der Waals surface area contributed by atoms with Crippen LogP contribution in [0.2, 0.25) is 0 Å². The van der Waals surface area contributed by atoms with Crippen LogP contribution in [0.15, 0.2) is 29.3 Å². The molecule has 2 rings (SSSR count). The number of guanidine groups is 1. The Morgan fingerprint density at radius 1 is 1.14 bits per heavy atom. The van der Waals surface area contributed by atoms with Gasteiger partial charge in [-0.1, -0.05) is 25.0 Å². The molecule has 1 aromatic carbocycles. The minimum atomic E-state index is -4.34. The third kappa shape index (κ3) is 6.48. The lowest BCUT2D eigenvalue weighted by molar-refractivity contribution is -0.139. The van der Waals surface area contributed by atoms with Crippen LogP contribution in [0.5, 0.6) is 0 Å². The minimum absolute atomic E-state index is 0. The molecular formula is C20H30F3IN4O. The van der Waals surface area contributed by atoms with E-state index in [4.69, 9.17) is 0 Å². The monoisotopic (exact) mass is 526 g/mol. The maximum absolute atomic E-state index is 12.7. The zero-order valence-corrected chi connectivity index (χ0v) is 19.7. The Hall–Kier alpha value is -1.52. The van der Waals surface area contributed by atoms with Crippen molar-refractivity contribution in [2.75, 3.05) is 34.7 Å². The Bertz CT molecular complexity index is 699. The molecule has 0 saturated heterocycles. The van der Waals surface area contributed by atoms with Crippen molar-refractivity contribution in [1.82, 2.24) is 15.1 Å². The van der Waals surface area contributed by atoms with E-state index in [1.807, 2.05) is 11.9 Å². The van der Waals surface area contributed by atoms with Crippen molar-refractivity contribution >= 4 is 35.8 Å². The second-order valence-electron chi connectivity index (χ2n) is 7.64. The van der Waals surface area contributed by atoms with E-state index in [2.05, 4.69) is 10.3 Å². The summed E-state index contributed by atoms with van der Waals surface area (Å²) in [5.74, 6) is 0.732. The van der Waals surface area contributed by atoms with Crippen molar-refractivity contribution in [3.63, 3.8) is 0 Å². The fourth-order valence-electron chi connectivity index (χ4n) is 3.77. The van der Waals surface area contributed by atoms with Crippen molar-refractivity contribution in [2.45, 2.75) is 38.4 Å². The van der Waals surface area contributed by atoms with Crippen LogP contribution >= 0.6 is 24.0 Å². The van der Waals surface area contributed by atoms with E-state index in [9.17, 15) is 18.0 Å². The van der Waals surface area contributed by atoms with Gasteiger partial charge in [0, 0.05) is 41.3 Å². The lowest BCUT2D eigenvalue weighted by atomic mass is 9.84. The summed E-state index contributed by atoms with van der Waals surface area (Å²) in [6, 6.07) is 5.12. The first-order chi connectivity index (χ1) is 13.1. The number of aliphatic imine (C=N–C) groups is 1. The molecule has 1 aliphatic rings. The number of carbonyl (C=O) groups is 1. The van der Waals surface area contributed by atoms with E-state index in [1.54, 1.807) is 26.0 Å². The number of benzene rings is 1. The molecule has 164 valence electrons. The standard InChI is InChI=1S/C20H29F3N4O.HI/c1-24-18(25-14-19(11-5-6-12-19)17(28)26(2)3)27(4)13-15-7-9-16(10-8-15)20(21,22)23;/h7-10H,5-6,11-14H2,1-4H3,(H,24,25);1H. The molecule has 1 saturated carbocycles. The molecule has 0 radical (unpaired) electrons. The molecule has 1 aromatic rings. The van der Waals surface area contributed by atoms with Gasteiger partial charge in [0.15, 0.2) is 5.96 Å². The number of nitrogens with one attached hydrogen (secondary N) is 1. The zero-order chi connectivity index (χ0) is 20.9. The predicted molar refractivity (Wildman–Crippen MR) is 119 cm³/mol. The first-order valence-electron chi connectivity index (χ1n) is 9.39. The number of hydrogen-bond acceptors (Lipinski definition) is 2. The molecule has 9 heteroatoms. The highest BCUT2D eigenvalue weighted by molar-refractivity contribution is 14.0. The van der Waals surface area contributed by atoms with E-state index in [1.165, 1.54) is 12.1 Å². The van der Waals surface area contributed by atoms with Gasteiger partial charge in [0.05, 0.1) is 11.0 Å². The van der Waals surface area contributed by atoms with Gasteiger partial charge in [0.25, 0.3) is 0 Å². The van der Waals surface area contributed by atoms with Crippen LogP contribution in [-0.2, 0) is 17.5 Å². The van der Waals surface area contributed by atoms with Gasteiger partial charge in [0.2, 0.25) is 5.91 Å². The quantitative estimate of drug-likeness (QED) is 0.359. The predicted octanol–water partition coefficient (Wildman–Crippen LogP) is 3.98. The van der Waals surface area contributed by atoms with Gasteiger partial charge in [-0.3, -0.25) is 9.79 Å². The summed E-state index contributed by atoms with van der Waals surface area (Å²) in [4.78, 5) is 20.4. The lowest BCUT2D eigenvalue weighted by Gasteiger charge is -2.32. The summed E-state index contributed by atoms with van der Waals surface area (Å²) in [6.07, 6.45) is -0.591. The smallest absolute Gasteiger partial charge is 0.355 e. The van der Waals surface area contributed by atoms with Crippen LogP contribution in [0.25, 0.3) is 0 Å². The number of carbonyl (C=O) groups excluding carboxylic acids is 1. The van der Waals surface area contributed by atoms with Gasteiger partial charge in [-0.2, -0.15) is 13.2 Å². The van der Waals surface area contributed by atoms with Gasteiger partial charge in [-0.05, 0) is 30.5 Å². The fourth-order valence-corrected chi connectivity index (χ4v) is 3.77. The second-order valence-corrected chi connectivity index (χ2v) is 7.64. The van der Waals surface area contributed by atoms with Gasteiger partial charge < -0.3 is 15.1 Å². The van der Waals surface area contributed by atoms with Crippen LogP contribution in [0.3, 0.4) is 0 Å². The summed E-state index contributed by atoms with van der Waals surface area (Å²) in [7, 11) is 7.02. The Labute approximate surface area is 187 Å². The van der Waals surface area contributed by atoms with Gasteiger partial charge >= 0.3 is 6.18 Å². The van der Waals surface area contributed by atoms with E-state index < -0.39 is 17.2 Å². The van der Waals surface area contributed by atoms with Crippen LogP contribution in [0, 0.1) is 5.41 Å². The van der Waals surface area contributed by atoms with Crippen molar-refractivity contribution in [3.8, 4) is 0 Å². The third-order valence-electron chi connectivity index (χ3n) is 5.28. The molecule has 0 aromatic heterocycles. The maximum Gasteiger partial charge on any atom is 0.416 e. The highest BCUT2D eigenvalue weighted by Crippen LogP contribution is 2.39. The Kier molecular flexibility index (Phi) is 9.23. The molecule has 1 aliphatic carbocycles. The SMILES string of the molecule is CN=C(NCC1(C(=O)N(C)C)CCCC1)N(C)Cc1ccc(C(F)(F)F)cc1.I. The summed E-state index contributed by atoms with van der Waals surface area (Å²) < 4.78 is 38.1. The molecule has 0 unspecified atom stereocenters. The molecule has 1 amide bonds. The van der Waals surface area contributed by atoms with Crippen molar-refractivity contribution < 1.29 is 18.0 Å². The Balaban J connectivity index is 0.00000420. The van der Waals surface area contributed by atoms with Crippen molar-refractivity contribution in [1.29, 1.82) is 0 Å². The topological polar surface area (TPSA) is 47.9 Å². The maximum atomic E-state index is 12.7. The molecule has 0 aliphatic heterocycles. The molecule has 0 bridgehead atoms. The number of nitrogens with zero attached hydrogens (tertiary/aromatic N) is 3. The van der Waals surface area contributed by atoms with Gasteiger partial charge in [-0.15, -0.1) is 24.0 Å². The Morgan fingerprint density at radius 2 is 1.69 bits per heavy atom. The minimum Gasteiger partial charge on any atom is -0.355 e. The van der Waals surface area contributed by atoms with Gasteiger partial charge in [-0.25, -0.2) is 0 Å². The third-order valence-corrected chi connectivity index (χ3v) is 5.28. The normalized spacial score (nSPS) is 16.2. The molecule has 0 atom stereocenters. The summed E-state index contributed by atoms with van der Waals surface area (Å²) in [5, 5.41) is 3.29. The summed E-state index contributed by atoms with van der Waals surface area (Å²) in [6.45, 7) is 0.903. The van der Waals surface area contributed by atoms with Crippen molar-refractivity contribution in [3.05, 3.63) is 35.4 Å². The van der Waals surface area contributed by atoms with E-state index >= 15 is 0 Å². The van der Waals surface area contributed by atoms with Crippen LogP contribution in [0.1, 0.15) is 36.8 Å². The van der Waals surface area contributed by atoms with E-state index in [0.717, 1.165) is 43.4 Å². The summed E-state index contributed by atoms with van der Waals surface area (Å²) >= 11 is 0. The average Bonchev–Trinajstić information content (AvgIpc) is 3.11. The number of hydrogen-bond donors (Lipinski definition) is 1. The summed E-state index contributed by atoms with van der Waals surface area (Å²) in [5.41, 5.74) is -0.334. The average molecular weight is 526 g/mol. The molecule has 5 nitrogen and oxygen atoms in total. The van der Waals surface area contributed by atoms with Crippen LogP contribution < -0.4 is 5.32 Å². The Morgan fingerprint density at radius 3 is 2.14 bits per heavy atom. The van der Waals surface area contributed by atoms with E-state index in [0.29, 0.717) is 19.0 Å². The highest BCUT2D eigenvalue weighted by Gasteiger charge is 2.42. The first kappa shape index (κ1) is 25.5. The number of amides is 1. The largest absolute Gasteiger partial charge is 0.416 e. The second kappa shape index (κ2) is 10.5. The molecular weight excluding hydrogens is 496 g/mol. The highest BCUT2D eigenvalue weighted by atomic mass is 127. The number of rotatable bonds is 5. The molecule has 0 spiro atoms. The van der Waals surface area contributed by atoms with Crippen LogP contribution in [0.4, 0.5) is 13.2 Å². The van der Waals surface area contributed by atoms with Crippen molar-refractivity contribution in [2.24, 2.45) is 10.4 Å². The molecule has 29 heavy (non-hydrogen) atoms. The first-order valence-corrected chi connectivity index (χ1v) is 9.39. The lowest BCUT2D eigenvalue weighted by Crippen LogP contribution is -2.49. The van der Waals surface area contributed by atoms with E-state index in [-0.39, 0.29) is 29.9 Å². The van der Waals surface area contributed by atoms with Crippen LogP contribution in [-0.4, -0.2) is 56.4 Å². The molecule has 1 fully saturated rings. The molecule has 1 N–H and O–H groups in total. The number of halogens is 4. The fraction of sp³-hybridized carbons (Fsp3) is 0.600. The van der Waals surface area contributed by atoms with Gasteiger partial charge in [0.1, 0.15) is 0 Å². The zero-order valence-electron chi connectivity index (χ0n) is 17.3. The molecule has 0 heterocycles. The number of alkyl halides is 3.